The molecule has 0 bridgehead atoms. The van der Waals surface area contributed by atoms with Gasteiger partial charge < -0.3 is 11.1 Å². The van der Waals surface area contributed by atoms with Gasteiger partial charge in [-0.25, -0.2) is 4.79 Å². The third-order valence-electron chi connectivity index (χ3n) is 5.07. The van der Waals surface area contributed by atoms with Crippen molar-refractivity contribution in [3.63, 3.8) is 0 Å². The number of nitrogens with zero attached hydrogens (tertiary/aromatic N) is 2. The second kappa shape index (κ2) is 8.95. The van der Waals surface area contributed by atoms with Crippen molar-refractivity contribution in [2.75, 3.05) is 11.9 Å². The quantitative estimate of drug-likeness (QED) is 0.535. The van der Waals surface area contributed by atoms with Crippen LogP contribution in [0.3, 0.4) is 0 Å². The first-order chi connectivity index (χ1) is 14.3. The molecule has 6 heteroatoms. The number of hydrogen-bond acceptors (Lipinski definition) is 4. The highest BCUT2D eigenvalue weighted by Crippen LogP contribution is 2.26. The lowest BCUT2D eigenvalue weighted by Gasteiger charge is -2.19. The van der Waals surface area contributed by atoms with E-state index < -0.39 is 6.03 Å². The summed E-state index contributed by atoms with van der Waals surface area (Å²) in [7, 11) is 0. The molecule has 1 amide bonds. The van der Waals surface area contributed by atoms with Crippen LogP contribution in [-0.2, 0) is 11.8 Å². The molecule has 2 heterocycles. The third kappa shape index (κ3) is 5.14. The fourth-order valence-electron chi connectivity index (χ4n) is 3.29. The molecule has 3 rings (SSSR count). The van der Waals surface area contributed by atoms with Crippen LogP contribution in [0.4, 0.5) is 10.5 Å². The zero-order chi connectivity index (χ0) is 21.7. The van der Waals surface area contributed by atoms with Gasteiger partial charge in [-0.05, 0) is 47.1 Å². The molecule has 0 saturated carbocycles. The molecule has 0 aliphatic carbocycles. The van der Waals surface area contributed by atoms with Gasteiger partial charge in [0.25, 0.3) is 0 Å². The number of nitrogens with one attached hydrogen (secondary N) is 2. The molecule has 3 aromatic rings. The first-order valence-corrected chi connectivity index (χ1v) is 10.1. The Labute approximate surface area is 177 Å². The van der Waals surface area contributed by atoms with Crippen molar-refractivity contribution in [2.45, 2.75) is 39.0 Å². The number of benzene rings is 1. The SMILES string of the molecule is CC(C)(C)c1ccc(-c2cc(NCCCc3cccnc3)c(=N)n(C(N)=O)c2)cc1. The zero-order valence-corrected chi connectivity index (χ0v) is 17.8. The minimum atomic E-state index is -0.674. The predicted octanol–water partition coefficient (Wildman–Crippen LogP) is 4.30. The third-order valence-corrected chi connectivity index (χ3v) is 5.07. The van der Waals surface area contributed by atoms with E-state index in [0.717, 1.165) is 24.0 Å². The van der Waals surface area contributed by atoms with E-state index in [1.54, 1.807) is 12.4 Å². The van der Waals surface area contributed by atoms with Crippen LogP contribution in [0.15, 0.2) is 61.1 Å². The minimum absolute atomic E-state index is 0.0546. The summed E-state index contributed by atoms with van der Waals surface area (Å²) in [5, 5.41) is 11.6. The Hall–Kier alpha value is -3.41. The molecule has 0 spiro atoms. The molecule has 0 saturated heterocycles. The Morgan fingerprint density at radius 1 is 1.17 bits per heavy atom. The number of aromatic nitrogens is 2. The van der Waals surface area contributed by atoms with Crippen molar-refractivity contribution in [3.05, 3.63) is 77.7 Å². The molecule has 4 N–H and O–H groups in total. The van der Waals surface area contributed by atoms with E-state index >= 15 is 0 Å². The number of nitrogens with two attached hydrogens (primary N) is 1. The van der Waals surface area contributed by atoms with E-state index in [1.807, 2.05) is 36.5 Å². The second-order valence-electron chi connectivity index (χ2n) is 8.42. The van der Waals surface area contributed by atoms with Crippen molar-refractivity contribution >= 4 is 11.7 Å². The molecule has 1 aromatic carbocycles. The lowest BCUT2D eigenvalue weighted by molar-refractivity contribution is 0.249. The van der Waals surface area contributed by atoms with Gasteiger partial charge in [-0.3, -0.25) is 15.0 Å². The van der Waals surface area contributed by atoms with Gasteiger partial charge in [0.2, 0.25) is 0 Å². The number of hydrogen-bond donors (Lipinski definition) is 3. The van der Waals surface area contributed by atoms with Gasteiger partial charge in [0.15, 0.2) is 5.49 Å². The summed E-state index contributed by atoms with van der Waals surface area (Å²) in [6, 6.07) is 13.5. The van der Waals surface area contributed by atoms with E-state index in [4.69, 9.17) is 11.1 Å². The number of rotatable bonds is 6. The second-order valence-corrected chi connectivity index (χ2v) is 8.42. The molecule has 0 atom stereocenters. The maximum absolute atomic E-state index is 11.9. The molecule has 156 valence electrons. The topological polar surface area (TPSA) is 96.8 Å². The molecular weight excluding hydrogens is 374 g/mol. The van der Waals surface area contributed by atoms with Gasteiger partial charge in [0.05, 0.1) is 5.69 Å². The summed E-state index contributed by atoms with van der Waals surface area (Å²) in [5.74, 6) is 0. The Morgan fingerprint density at radius 2 is 1.90 bits per heavy atom. The van der Waals surface area contributed by atoms with Crippen LogP contribution in [0, 0.1) is 5.41 Å². The standard InChI is InChI=1S/C24H29N5O/c1-24(2,3)20-10-8-18(9-11-20)19-14-21(22(25)29(16-19)23(26)30)28-13-5-7-17-6-4-12-27-15-17/h4,6,8-12,14-16,25,28H,5,7,13H2,1-3H3,(H2,26,30). The molecule has 0 fully saturated rings. The van der Waals surface area contributed by atoms with E-state index in [2.05, 4.69) is 43.2 Å². The Balaban J connectivity index is 1.82. The highest BCUT2D eigenvalue weighted by Gasteiger charge is 2.14. The number of aryl methyl sites for hydroxylation is 1. The van der Waals surface area contributed by atoms with Crippen molar-refractivity contribution in [1.29, 1.82) is 5.41 Å². The number of amides is 1. The molecule has 30 heavy (non-hydrogen) atoms. The van der Waals surface area contributed by atoms with Gasteiger partial charge in [0, 0.05) is 30.7 Å². The molecule has 0 aliphatic heterocycles. The molecule has 6 nitrogen and oxygen atoms in total. The summed E-state index contributed by atoms with van der Waals surface area (Å²) in [6.07, 6.45) is 7.01. The fourth-order valence-corrected chi connectivity index (χ4v) is 3.29. The zero-order valence-electron chi connectivity index (χ0n) is 17.8. The average molecular weight is 404 g/mol. The Morgan fingerprint density at radius 3 is 2.50 bits per heavy atom. The van der Waals surface area contributed by atoms with Crippen molar-refractivity contribution in [3.8, 4) is 11.1 Å². The van der Waals surface area contributed by atoms with Crippen molar-refractivity contribution in [2.24, 2.45) is 5.73 Å². The van der Waals surface area contributed by atoms with Crippen molar-refractivity contribution in [1.82, 2.24) is 9.55 Å². The molecule has 0 unspecified atom stereocenters. The lowest BCUT2D eigenvalue weighted by atomic mass is 9.86. The smallest absolute Gasteiger partial charge is 0.324 e. The Bertz CT molecular complexity index is 1060. The van der Waals surface area contributed by atoms with Crippen molar-refractivity contribution < 1.29 is 4.79 Å². The summed E-state index contributed by atoms with van der Waals surface area (Å²) in [6.45, 7) is 7.19. The van der Waals surface area contributed by atoms with Gasteiger partial charge in [-0.1, -0.05) is 51.1 Å². The number of pyridine rings is 2. The Kier molecular flexibility index (Phi) is 6.35. The predicted molar refractivity (Wildman–Crippen MR) is 120 cm³/mol. The summed E-state index contributed by atoms with van der Waals surface area (Å²) in [5.41, 5.74) is 10.4. The lowest BCUT2D eigenvalue weighted by Crippen LogP contribution is -2.33. The largest absolute Gasteiger partial charge is 0.382 e. The average Bonchev–Trinajstić information content (AvgIpc) is 2.72. The maximum Gasteiger partial charge on any atom is 0.324 e. The number of carbonyl (C=O) groups excluding carboxylic acids is 1. The van der Waals surface area contributed by atoms with Crippen LogP contribution in [0.1, 0.15) is 38.3 Å². The van der Waals surface area contributed by atoms with E-state index in [0.29, 0.717) is 12.2 Å². The first-order valence-electron chi connectivity index (χ1n) is 10.1. The van der Waals surface area contributed by atoms with Crippen LogP contribution in [-0.4, -0.2) is 22.1 Å². The fraction of sp³-hybridized carbons (Fsp3) is 0.292. The summed E-state index contributed by atoms with van der Waals surface area (Å²) in [4.78, 5) is 16.0. The number of carbonyl (C=O) groups is 1. The van der Waals surface area contributed by atoms with E-state index in [1.165, 1.54) is 15.7 Å². The maximum atomic E-state index is 11.9. The normalized spacial score (nSPS) is 11.3. The molecule has 0 radical (unpaired) electrons. The highest BCUT2D eigenvalue weighted by atomic mass is 16.2. The summed E-state index contributed by atoms with van der Waals surface area (Å²) >= 11 is 0. The van der Waals surface area contributed by atoms with Crippen LogP contribution in [0.2, 0.25) is 0 Å². The molecular formula is C24H29N5O. The minimum Gasteiger partial charge on any atom is -0.382 e. The number of primary amides is 1. The van der Waals surface area contributed by atoms with Gasteiger partial charge in [-0.2, -0.15) is 0 Å². The van der Waals surface area contributed by atoms with Crippen LogP contribution < -0.4 is 16.5 Å². The van der Waals surface area contributed by atoms with E-state index in [9.17, 15) is 4.79 Å². The van der Waals surface area contributed by atoms with Crippen LogP contribution >= 0.6 is 0 Å². The molecule has 2 aromatic heterocycles. The van der Waals surface area contributed by atoms with Crippen LogP contribution in [0.25, 0.3) is 11.1 Å². The monoisotopic (exact) mass is 403 g/mol. The van der Waals surface area contributed by atoms with Crippen LogP contribution in [0.5, 0.6) is 0 Å². The van der Waals surface area contributed by atoms with Gasteiger partial charge in [-0.15, -0.1) is 0 Å². The summed E-state index contributed by atoms with van der Waals surface area (Å²) < 4.78 is 1.18. The first kappa shape index (κ1) is 21.3. The highest BCUT2D eigenvalue weighted by molar-refractivity contribution is 5.78. The van der Waals surface area contributed by atoms with Gasteiger partial charge >= 0.3 is 6.03 Å². The van der Waals surface area contributed by atoms with E-state index in [-0.39, 0.29) is 10.9 Å². The molecule has 0 aliphatic rings. The van der Waals surface area contributed by atoms with Gasteiger partial charge in [0.1, 0.15) is 0 Å². The number of anilines is 1.